The van der Waals surface area contributed by atoms with Crippen molar-refractivity contribution in [3.63, 3.8) is 0 Å². The van der Waals surface area contributed by atoms with E-state index in [2.05, 4.69) is 49.8 Å². The topological polar surface area (TPSA) is 60.2 Å². The molecule has 0 unspecified atom stereocenters. The van der Waals surface area contributed by atoms with Gasteiger partial charge in [0.1, 0.15) is 5.82 Å². The largest absolute Gasteiger partial charge is 0.356 e. The van der Waals surface area contributed by atoms with Gasteiger partial charge < -0.3 is 10.6 Å². The number of rotatable bonds is 5. The predicted molar refractivity (Wildman–Crippen MR) is 104 cm³/mol. The van der Waals surface area contributed by atoms with E-state index in [1.165, 1.54) is 17.7 Å². The lowest BCUT2D eigenvalue weighted by Crippen LogP contribution is -2.41. The summed E-state index contributed by atoms with van der Waals surface area (Å²) < 4.78 is 15.0. The molecule has 2 N–H and O–H groups in total. The molecule has 1 aliphatic carbocycles. The number of aliphatic imine (C=N–C) groups is 1. The van der Waals surface area contributed by atoms with Crippen LogP contribution in [0, 0.1) is 17.1 Å². The van der Waals surface area contributed by atoms with Gasteiger partial charge in [0.25, 0.3) is 0 Å². The zero-order valence-corrected chi connectivity index (χ0v) is 16.1. The van der Waals surface area contributed by atoms with Crippen LogP contribution in [-0.2, 0) is 12.0 Å². The zero-order valence-electron chi connectivity index (χ0n) is 14.5. The fourth-order valence-electron chi connectivity index (χ4n) is 3.02. The average molecular weight is 415 g/mol. The van der Waals surface area contributed by atoms with Gasteiger partial charge in [-0.05, 0) is 42.7 Å². The van der Waals surface area contributed by atoms with E-state index < -0.39 is 0 Å². The van der Waals surface area contributed by atoms with Crippen LogP contribution in [-0.4, -0.2) is 19.6 Å². The number of hydrogen-bond donors (Lipinski definition) is 2. The second-order valence-electron chi connectivity index (χ2n) is 6.46. The monoisotopic (exact) mass is 414 g/mol. The Morgan fingerprint density at radius 2 is 2.04 bits per heavy atom. The molecule has 1 aliphatic rings. The third-order valence-electron chi connectivity index (χ3n) is 4.74. The highest BCUT2D eigenvalue weighted by atomic mass is 79.9. The van der Waals surface area contributed by atoms with Gasteiger partial charge in [-0.15, -0.1) is 0 Å². The van der Waals surface area contributed by atoms with Gasteiger partial charge in [-0.1, -0.05) is 34.1 Å². The molecular formula is C20H20BrFN4. The number of nitrogens with zero attached hydrogens (tertiary/aromatic N) is 2. The minimum atomic E-state index is -0.334. The Bertz CT molecular complexity index is 868. The van der Waals surface area contributed by atoms with Crippen LogP contribution >= 0.6 is 15.9 Å². The minimum Gasteiger partial charge on any atom is -0.356 e. The van der Waals surface area contributed by atoms with Crippen molar-refractivity contribution in [2.45, 2.75) is 24.8 Å². The summed E-state index contributed by atoms with van der Waals surface area (Å²) >= 11 is 3.64. The maximum Gasteiger partial charge on any atom is 0.191 e. The van der Waals surface area contributed by atoms with E-state index in [-0.39, 0.29) is 17.8 Å². The van der Waals surface area contributed by atoms with Crippen molar-refractivity contribution in [1.29, 1.82) is 5.26 Å². The summed E-state index contributed by atoms with van der Waals surface area (Å²) in [4.78, 5) is 4.22. The summed E-state index contributed by atoms with van der Waals surface area (Å²) in [5, 5.41) is 15.4. The van der Waals surface area contributed by atoms with Crippen molar-refractivity contribution in [2.75, 3.05) is 13.6 Å². The van der Waals surface area contributed by atoms with E-state index in [0.29, 0.717) is 17.1 Å². The smallest absolute Gasteiger partial charge is 0.191 e. The molecular weight excluding hydrogens is 395 g/mol. The molecule has 3 rings (SSSR count). The number of guanidine groups is 1. The van der Waals surface area contributed by atoms with Crippen LogP contribution in [0.15, 0.2) is 51.9 Å². The van der Waals surface area contributed by atoms with Crippen molar-refractivity contribution >= 4 is 21.9 Å². The van der Waals surface area contributed by atoms with Crippen LogP contribution in [0.3, 0.4) is 0 Å². The van der Waals surface area contributed by atoms with Gasteiger partial charge in [0.05, 0.1) is 11.6 Å². The van der Waals surface area contributed by atoms with Crippen LogP contribution < -0.4 is 10.6 Å². The van der Waals surface area contributed by atoms with E-state index in [1.807, 2.05) is 12.1 Å². The molecule has 134 valence electrons. The lowest BCUT2D eigenvalue weighted by molar-refractivity contribution is 0.601. The molecule has 0 spiro atoms. The van der Waals surface area contributed by atoms with Crippen molar-refractivity contribution in [2.24, 2.45) is 4.99 Å². The van der Waals surface area contributed by atoms with Gasteiger partial charge in [-0.3, -0.25) is 4.99 Å². The summed E-state index contributed by atoms with van der Waals surface area (Å²) in [6.07, 6.45) is 2.25. The quantitative estimate of drug-likeness (QED) is 0.576. The Morgan fingerprint density at radius 1 is 1.27 bits per heavy atom. The molecule has 0 radical (unpaired) electrons. The fourth-order valence-corrected chi connectivity index (χ4v) is 3.72. The Balaban J connectivity index is 1.61. The predicted octanol–water partition coefficient (Wildman–Crippen LogP) is 3.86. The van der Waals surface area contributed by atoms with Crippen LogP contribution in [0.1, 0.15) is 29.5 Å². The highest BCUT2D eigenvalue weighted by Crippen LogP contribution is 2.49. The highest BCUT2D eigenvalue weighted by molar-refractivity contribution is 9.10. The van der Waals surface area contributed by atoms with E-state index in [4.69, 9.17) is 5.26 Å². The third kappa shape index (κ3) is 4.05. The lowest BCUT2D eigenvalue weighted by atomic mass is 9.96. The van der Waals surface area contributed by atoms with Crippen molar-refractivity contribution in [3.05, 3.63) is 69.4 Å². The van der Waals surface area contributed by atoms with Crippen LogP contribution in [0.4, 0.5) is 4.39 Å². The van der Waals surface area contributed by atoms with Crippen molar-refractivity contribution in [1.82, 2.24) is 10.6 Å². The van der Waals surface area contributed by atoms with Crippen molar-refractivity contribution in [3.8, 4) is 6.07 Å². The molecule has 26 heavy (non-hydrogen) atoms. The number of nitrogens with one attached hydrogen (secondary N) is 2. The average Bonchev–Trinajstić information content (AvgIpc) is 3.44. The summed E-state index contributed by atoms with van der Waals surface area (Å²) in [5.41, 5.74) is 2.30. The second-order valence-corrected chi connectivity index (χ2v) is 7.31. The lowest BCUT2D eigenvalue weighted by Gasteiger charge is -2.20. The number of nitriles is 1. The third-order valence-corrected chi connectivity index (χ3v) is 5.43. The second kappa shape index (κ2) is 7.88. The zero-order chi connectivity index (χ0) is 18.6. The maximum atomic E-state index is 13.9. The molecule has 0 aliphatic heterocycles. The Kier molecular flexibility index (Phi) is 5.58. The Morgan fingerprint density at radius 3 is 2.69 bits per heavy atom. The van der Waals surface area contributed by atoms with Gasteiger partial charge in [0.2, 0.25) is 0 Å². The summed E-state index contributed by atoms with van der Waals surface area (Å²) in [5.74, 6) is 0.281. The first kappa shape index (κ1) is 18.4. The van der Waals surface area contributed by atoms with Crippen LogP contribution in [0.5, 0.6) is 0 Å². The molecule has 6 heteroatoms. The molecule has 2 aromatic carbocycles. The fraction of sp³-hybridized carbons (Fsp3) is 0.300. The summed E-state index contributed by atoms with van der Waals surface area (Å²) in [7, 11) is 1.69. The highest BCUT2D eigenvalue weighted by Gasteiger charge is 2.45. The normalized spacial score (nSPS) is 15.2. The van der Waals surface area contributed by atoms with Gasteiger partial charge >= 0.3 is 0 Å². The summed E-state index contributed by atoms with van der Waals surface area (Å²) in [6.45, 7) is 1.03. The molecule has 2 aromatic rings. The molecule has 1 fully saturated rings. The minimum absolute atomic E-state index is 0.115. The maximum absolute atomic E-state index is 13.9. The number of halogens is 2. The molecule has 0 saturated heterocycles. The number of benzene rings is 2. The molecule has 0 atom stereocenters. The molecule has 0 bridgehead atoms. The number of hydrogen-bond acceptors (Lipinski definition) is 2. The van der Waals surface area contributed by atoms with Gasteiger partial charge in [0, 0.05) is 35.6 Å². The van der Waals surface area contributed by atoms with Crippen LogP contribution in [0.25, 0.3) is 0 Å². The van der Waals surface area contributed by atoms with Crippen LogP contribution in [0.2, 0.25) is 0 Å². The van der Waals surface area contributed by atoms with E-state index in [9.17, 15) is 4.39 Å². The van der Waals surface area contributed by atoms with E-state index in [0.717, 1.165) is 23.9 Å². The molecule has 4 nitrogen and oxygen atoms in total. The Labute approximate surface area is 161 Å². The Hall–Kier alpha value is -2.39. The van der Waals surface area contributed by atoms with E-state index >= 15 is 0 Å². The van der Waals surface area contributed by atoms with Gasteiger partial charge in [0.15, 0.2) is 5.96 Å². The first-order chi connectivity index (χ1) is 12.6. The van der Waals surface area contributed by atoms with Gasteiger partial charge in [-0.2, -0.15) is 5.26 Å². The van der Waals surface area contributed by atoms with Crippen molar-refractivity contribution < 1.29 is 4.39 Å². The van der Waals surface area contributed by atoms with Gasteiger partial charge in [-0.25, -0.2) is 4.39 Å². The molecule has 0 aromatic heterocycles. The molecule has 1 saturated carbocycles. The van der Waals surface area contributed by atoms with E-state index in [1.54, 1.807) is 13.1 Å². The first-order valence-electron chi connectivity index (χ1n) is 8.46. The SMILES string of the molecule is CN=C(NCc1cc(C#N)ccc1F)NCC1(c2ccccc2Br)CC1. The molecule has 0 amide bonds. The summed E-state index contributed by atoms with van der Waals surface area (Å²) in [6, 6.07) is 14.7. The standard InChI is InChI=1S/C20H20BrFN4/c1-24-19(25-12-15-10-14(11-23)6-7-18(15)22)26-13-20(8-9-20)16-4-2-3-5-17(16)21/h2-7,10H,8-9,12-13H2,1H3,(H2,24,25,26). The first-order valence-corrected chi connectivity index (χ1v) is 9.25. The molecule has 0 heterocycles.